The minimum absolute atomic E-state index is 0.262. The molecule has 1 unspecified atom stereocenters. The van der Waals surface area contributed by atoms with Gasteiger partial charge in [-0.2, -0.15) is 4.98 Å². The Labute approximate surface area is 228 Å². The van der Waals surface area contributed by atoms with E-state index in [9.17, 15) is 4.79 Å². The van der Waals surface area contributed by atoms with Crippen molar-refractivity contribution in [2.24, 2.45) is 0 Å². The van der Waals surface area contributed by atoms with Crippen LogP contribution in [0, 0.1) is 0 Å². The van der Waals surface area contributed by atoms with Crippen LogP contribution in [0.15, 0.2) is 58.9 Å². The van der Waals surface area contributed by atoms with E-state index in [1.807, 2.05) is 63.2 Å². The largest absolute Gasteiger partial charge is 0.492 e. The summed E-state index contributed by atoms with van der Waals surface area (Å²) in [7, 11) is 0. The van der Waals surface area contributed by atoms with Crippen molar-refractivity contribution < 1.29 is 19.0 Å². The van der Waals surface area contributed by atoms with Crippen molar-refractivity contribution in [1.29, 1.82) is 0 Å². The molecule has 0 radical (unpaired) electrons. The summed E-state index contributed by atoms with van der Waals surface area (Å²) >= 11 is 1.55. The molecule has 3 aromatic rings. The predicted molar refractivity (Wildman–Crippen MR) is 151 cm³/mol. The lowest BCUT2D eigenvalue weighted by molar-refractivity contribution is -0.113. The maximum Gasteiger partial charge on any atom is 0.255 e. The molecule has 2 heterocycles. The third-order valence-electron chi connectivity index (χ3n) is 5.83. The van der Waals surface area contributed by atoms with Crippen molar-refractivity contribution >= 4 is 29.3 Å². The number of benzene rings is 2. The lowest BCUT2D eigenvalue weighted by Gasteiger charge is -2.29. The Balaban J connectivity index is 1.79. The third-order valence-corrected chi connectivity index (χ3v) is 6.55. The van der Waals surface area contributed by atoms with Gasteiger partial charge in [-0.05, 0) is 62.8 Å². The van der Waals surface area contributed by atoms with Crippen LogP contribution in [0.5, 0.6) is 17.2 Å². The van der Waals surface area contributed by atoms with Gasteiger partial charge in [0.1, 0.15) is 11.8 Å². The minimum Gasteiger partial charge on any atom is -0.492 e. The number of hydrogen-bond donors (Lipinski definition) is 2. The number of allylic oxidation sites excluding steroid dienone is 1. The van der Waals surface area contributed by atoms with Gasteiger partial charge in [-0.15, -0.1) is 5.10 Å². The highest BCUT2D eigenvalue weighted by Gasteiger charge is 2.35. The molecule has 2 N–H and O–H groups in total. The van der Waals surface area contributed by atoms with Gasteiger partial charge in [-0.25, -0.2) is 4.68 Å². The van der Waals surface area contributed by atoms with Crippen LogP contribution in [-0.4, -0.2) is 46.2 Å². The maximum absolute atomic E-state index is 13.9. The van der Waals surface area contributed by atoms with E-state index in [0.717, 1.165) is 17.7 Å². The van der Waals surface area contributed by atoms with Crippen LogP contribution in [0.3, 0.4) is 0 Å². The van der Waals surface area contributed by atoms with Gasteiger partial charge in [0.05, 0.1) is 31.1 Å². The minimum atomic E-state index is -0.538. The highest BCUT2D eigenvalue weighted by Crippen LogP contribution is 2.40. The van der Waals surface area contributed by atoms with Crippen molar-refractivity contribution in [3.05, 3.63) is 59.3 Å². The Morgan fingerprint density at radius 3 is 2.53 bits per heavy atom. The average molecular weight is 538 g/mol. The Kier molecular flexibility index (Phi) is 9.17. The summed E-state index contributed by atoms with van der Waals surface area (Å²) in [6, 6.07) is 12.6. The van der Waals surface area contributed by atoms with E-state index in [4.69, 9.17) is 19.3 Å². The molecule has 4 rings (SSSR count). The standard InChI is InChI=1S/C28H35N5O4S/c1-6-16-37-22-15-14-19(17-23(22)36-8-3)25-24(18(5)29-27-31-28(38-9-4)32-33(25)27)26(34)30-20-12-10-11-13-21(20)35-7-2/h10-15,17,25H,6-9,16H2,1-5H3,(H,30,34)(H,29,31,32). The lowest BCUT2D eigenvalue weighted by Crippen LogP contribution is -2.31. The number of nitrogens with one attached hydrogen (secondary N) is 2. The van der Waals surface area contributed by atoms with Gasteiger partial charge in [-0.3, -0.25) is 4.79 Å². The third kappa shape index (κ3) is 5.91. The molecular weight excluding hydrogens is 502 g/mol. The van der Waals surface area contributed by atoms with Gasteiger partial charge in [0.15, 0.2) is 11.5 Å². The van der Waals surface area contributed by atoms with E-state index in [0.29, 0.717) is 65.1 Å². The first kappa shape index (κ1) is 27.4. The summed E-state index contributed by atoms with van der Waals surface area (Å²) in [5.41, 5.74) is 2.65. The van der Waals surface area contributed by atoms with Crippen LogP contribution in [0.25, 0.3) is 0 Å². The first-order valence-electron chi connectivity index (χ1n) is 13.0. The summed E-state index contributed by atoms with van der Waals surface area (Å²) in [5, 5.41) is 11.7. The number of carbonyl (C=O) groups excluding carboxylic acids is 1. The van der Waals surface area contributed by atoms with Gasteiger partial charge >= 0.3 is 0 Å². The summed E-state index contributed by atoms with van der Waals surface area (Å²) in [6.07, 6.45) is 0.886. The summed E-state index contributed by atoms with van der Waals surface area (Å²) < 4.78 is 19.4. The van der Waals surface area contributed by atoms with Gasteiger partial charge in [0, 0.05) is 5.70 Å². The molecule has 1 aliphatic rings. The molecule has 38 heavy (non-hydrogen) atoms. The van der Waals surface area contributed by atoms with Gasteiger partial charge in [0.25, 0.3) is 5.91 Å². The Morgan fingerprint density at radius 2 is 1.79 bits per heavy atom. The average Bonchev–Trinajstić information content (AvgIpc) is 3.30. The molecule has 0 saturated carbocycles. The molecule has 2 aromatic carbocycles. The number of rotatable bonds is 12. The van der Waals surface area contributed by atoms with Crippen LogP contribution in [0.1, 0.15) is 52.6 Å². The molecule has 1 amide bonds. The number of nitrogens with zero attached hydrogens (tertiary/aromatic N) is 3. The normalized spacial score (nSPS) is 14.5. The molecule has 9 nitrogen and oxygen atoms in total. The maximum atomic E-state index is 13.9. The number of para-hydroxylation sites is 2. The highest BCUT2D eigenvalue weighted by atomic mass is 32.2. The summed E-state index contributed by atoms with van der Waals surface area (Å²) in [4.78, 5) is 18.6. The van der Waals surface area contributed by atoms with Crippen molar-refractivity contribution in [2.75, 3.05) is 36.2 Å². The smallest absolute Gasteiger partial charge is 0.255 e. The van der Waals surface area contributed by atoms with Crippen LogP contribution >= 0.6 is 11.8 Å². The number of fused-ring (bicyclic) bond motifs is 1. The molecule has 0 bridgehead atoms. The molecular formula is C28H35N5O4S. The van der Waals surface area contributed by atoms with Crippen LogP contribution < -0.4 is 24.8 Å². The molecule has 1 aromatic heterocycles. The molecule has 1 aliphatic heterocycles. The fraction of sp³-hybridized carbons (Fsp3) is 0.393. The van der Waals surface area contributed by atoms with Crippen LogP contribution in [0.2, 0.25) is 0 Å². The van der Waals surface area contributed by atoms with E-state index in [-0.39, 0.29) is 5.91 Å². The number of amides is 1. The van der Waals surface area contributed by atoms with Crippen molar-refractivity contribution in [2.45, 2.75) is 52.2 Å². The number of ether oxygens (including phenoxy) is 3. The van der Waals surface area contributed by atoms with Gasteiger partial charge in [0.2, 0.25) is 11.1 Å². The predicted octanol–water partition coefficient (Wildman–Crippen LogP) is 5.90. The summed E-state index contributed by atoms with van der Waals surface area (Å²) in [5.74, 6) is 3.06. The second-order valence-corrected chi connectivity index (χ2v) is 9.76. The van der Waals surface area contributed by atoms with E-state index in [1.165, 1.54) is 0 Å². The second kappa shape index (κ2) is 12.7. The molecule has 10 heteroatoms. The first-order valence-corrected chi connectivity index (χ1v) is 14.0. The molecule has 0 fully saturated rings. The molecule has 0 spiro atoms. The van der Waals surface area contributed by atoms with Crippen LogP contribution in [0.4, 0.5) is 11.6 Å². The monoisotopic (exact) mass is 537 g/mol. The van der Waals surface area contributed by atoms with Crippen molar-refractivity contribution in [1.82, 2.24) is 14.8 Å². The Bertz CT molecular complexity index is 1310. The first-order chi connectivity index (χ1) is 18.5. The van der Waals surface area contributed by atoms with E-state index in [2.05, 4.69) is 29.5 Å². The quantitative estimate of drug-likeness (QED) is 0.275. The number of hydrogen-bond acceptors (Lipinski definition) is 8. The molecule has 0 saturated heterocycles. The summed E-state index contributed by atoms with van der Waals surface area (Å²) in [6.45, 7) is 11.4. The van der Waals surface area contributed by atoms with Crippen molar-refractivity contribution in [3.8, 4) is 17.2 Å². The lowest BCUT2D eigenvalue weighted by atomic mass is 9.94. The number of anilines is 2. The van der Waals surface area contributed by atoms with E-state index >= 15 is 0 Å². The Hall–Kier alpha value is -3.66. The van der Waals surface area contributed by atoms with Gasteiger partial charge < -0.3 is 24.8 Å². The zero-order chi connectivity index (χ0) is 27.1. The molecule has 202 valence electrons. The number of aromatic nitrogens is 3. The SMILES string of the molecule is CCCOc1ccc(C2C(C(=O)Nc3ccccc3OCC)=C(C)Nc3nc(SCC)nn32)cc1OCC. The molecule has 1 atom stereocenters. The van der Waals surface area contributed by atoms with Crippen molar-refractivity contribution in [3.63, 3.8) is 0 Å². The number of carbonyl (C=O) groups is 1. The topological polar surface area (TPSA) is 99.5 Å². The zero-order valence-corrected chi connectivity index (χ0v) is 23.4. The van der Waals surface area contributed by atoms with E-state index < -0.39 is 6.04 Å². The fourth-order valence-electron chi connectivity index (χ4n) is 4.26. The number of thioether (sulfide) groups is 1. The second-order valence-electron chi connectivity index (χ2n) is 8.53. The molecule has 0 aliphatic carbocycles. The zero-order valence-electron chi connectivity index (χ0n) is 22.5. The highest BCUT2D eigenvalue weighted by molar-refractivity contribution is 7.99. The van der Waals surface area contributed by atoms with Crippen LogP contribution in [-0.2, 0) is 4.79 Å². The fourth-order valence-corrected chi connectivity index (χ4v) is 4.81. The van der Waals surface area contributed by atoms with Gasteiger partial charge in [-0.1, -0.05) is 43.8 Å². The Morgan fingerprint density at radius 1 is 1.03 bits per heavy atom. The van der Waals surface area contributed by atoms with E-state index in [1.54, 1.807) is 16.4 Å².